The molecule has 0 radical (unpaired) electrons. The third-order valence-electron chi connectivity index (χ3n) is 6.62. The average molecular weight is 401 g/mol. The number of thiazole rings is 1. The van der Waals surface area contributed by atoms with Gasteiger partial charge in [-0.05, 0) is 52.6 Å². The van der Waals surface area contributed by atoms with E-state index in [0.29, 0.717) is 11.9 Å². The maximum atomic E-state index is 13.0. The largest absolute Gasteiger partial charge is 0.361 e. The van der Waals surface area contributed by atoms with Crippen molar-refractivity contribution in [2.75, 3.05) is 26.2 Å². The molecule has 2 aromatic heterocycles. The summed E-state index contributed by atoms with van der Waals surface area (Å²) in [5.41, 5.74) is 3.02. The van der Waals surface area contributed by atoms with E-state index >= 15 is 0 Å². The van der Waals surface area contributed by atoms with Gasteiger partial charge < -0.3 is 9.42 Å². The van der Waals surface area contributed by atoms with Crippen LogP contribution in [-0.4, -0.2) is 58.1 Å². The molecule has 1 atom stereocenters. The molecule has 2 fully saturated rings. The SMILES string of the molecule is Cc1noc(C)c1-c1nc2c(s1)CCC(C(=O)N1CC(N3CCCCC3)C1)C2. The molecule has 2 aromatic rings. The van der Waals surface area contributed by atoms with Gasteiger partial charge in [-0.1, -0.05) is 11.6 Å². The maximum absolute atomic E-state index is 13.0. The Balaban J connectivity index is 1.23. The van der Waals surface area contributed by atoms with Gasteiger partial charge in [-0.15, -0.1) is 11.3 Å². The molecule has 1 amide bonds. The topological polar surface area (TPSA) is 62.5 Å². The van der Waals surface area contributed by atoms with Crippen molar-refractivity contribution in [3.63, 3.8) is 0 Å². The van der Waals surface area contributed by atoms with Crippen LogP contribution in [0.3, 0.4) is 0 Å². The van der Waals surface area contributed by atoms with E-state index in [4.69, 9.17) is 9.51 Å². The summed E-state index contributed by atoms with van der Waals surface area (Å²) in [6.45, 7) is 8.16. The number of fused-ring (bicyclic) bond motifs is 1. The summed E-state index contributed by atoms with van der Waals surface area (Å²) in [4.78, 5) is 23.9. The molecule has 3 aliphatic rings. The minimum Gasteiger partial charge on any atom is -0.361 e. The molecule has 2 saturated heterocycles. The zero-order valence-corrected chi connectivity index (χ0v) is 17.6. The smallest absolute Gasteiger partial charge is 0.226 e. The van der Waals surface area contributed by atoms with E-state index in [1.807, 2.05) is 13.8 Å². The minimum atomic E-state index is 0.0921. The van der Waals surface area contributed by atoms with Crippen molar-refractivity contribution < 1.29 is 9.32 Å². The first-order chi connectivity index (χ1) is 13.6. The van der Waals surface area contributed by atoms with E-state index in [1.165, 1.54) is 37.2 Å². The normalized spacial score (nSPS) is 23.5. The summed E-state index contributed by atoms with van der Waals surface area (Å²) in [5, 5.41) is 5.05. The number of carbonyl (C=O) groups excluding carboxylic acids is 1. The summed E-state index contributed by atoms with van der Waals surface area (Å²) >= 11 is 1.74. The number of aryl methyl sites for hydroxylation is 3. The highest BCUT2D eigenvalue weighted by atomic mass is 32.1. The van der Waals surface area contributed by atoms with E-state index in [9.17, 15) is 4.79 Å². The number of hydrogen-bond donors (Lipinski definition) is 0. The molecule has 6 nitrogen and oxygen atoms in total. The van der Waals surface area contributed by atoms with E-state index in [-0.39, 0.29) is 5.92 Å². The van der Waals surface area contributed by atoms with Gasteiger partial charge in [0.1, 0.15) is 10.8 Å². The van der Waals surface area contributed by atoms with Gasteiger partial charge in [-0.2, -0.15) is 0 Å². The van der Waals surface area contributed by atoms with E-state index in [2.05, 4.69) is 15.0 Å². The molecule has 150 valence electrons. The Hall–Kier alpha value is -1.73. The highest BCUT2D eigenvalue weighted by Gasteiger charge is 2.39. The van der Waals surface area contributed by atoms with Gasteiger partial charge >= 0.3 is 0 Å². The van der Waals surface area contributed by atoms with Crippen molar-refractivity contribution in [1.29, 1.82) is 0 Å². The van der Waals surface area contributed by atoms with Gasteiger partial charge in [0.05, 0.1) is 17.0 Å². The molecule has 4 heterocycles. The first-order valence-electron chi connectivity index (χ1n) is 10.5. The quantitative estimate of drug-likeness (QED) is 0.792. The zero-order chi connectivity index (χ0) is 19.3. The number of nitrogens with zero attached hydrogens (tertiary/aromatic N) is 4. The Morgan fingerprint density at radius 2 is 1.96 bits per heavy atom. The van der Waals surface area contributed by atoms with Crippen molar-refractivity contribution in [1.82, 2.24) is 19.9 Å². The fourth-order valence-corrected chi connectivity index (χ4v) is 6.14. The summed E-state index contributed by atoms with van der Waals surface area (Å²) in [7, 11) is 0. The van der Waals surface area contributed by atoms with Crippen LogP contribution in [0.1, 0.15) is 47.7 Å². The maximum Gasteiger partial charge on any atom is 0.226 e. The lowest BCUT2D eigenvalue weighted by atomic mass is 9.88. The van der Waals surface area contributed by atoms with Crippen LogP contribution in [0, 0.1) is 19.8 Å². The second-order valence-corrected chi connectivity index (χ2v) is 9.61. The molecule has 0 saturated carbocycles. The zero-order valence-electron chi connectivity index (χ0n) is 16.7. The van der Waals surface area contributed by atoms with Gasteiger partial charge in [0.25, 0.3) is 0 Å². The van der Waals surface area contributed by atoms with Crippen LogP contribution >= 0.6 is 11.3 Å². The predicted molar refractivity (Wildman–Crippen MR) is 108 cm³/mol. The monoisotopic (exact) mass is 400 g/mol. The molecule has 5 rings (SSSR count). The minimum absolute atomic E-state index is 0.0921. The molecular formula is C21H28N4O2S. The molecular weight excluding hydrogens is 372 g/mol. The molecule has 2 aliphatic heterocycles. The lowest BCUT2D eigenvalue weighted by molar-refractivity contribution is -0.143. The van der Waals surface area contributed by atoms with Crippen molar-refractivity contribution in [2.24, 2.45) is 5.92 Å². The predicted octanol–water partition coefficient (Wildman–Crippen LogP) is 3.22. The summed E-state index contributed by atoms with van der Waals surface area (Å²) < 4.78 is 5.31. The van der Waals surface area contributed by atoms with Crippen LogP contribution in [0.2, 0.25) is 0 Å². The number of carbonyl (C=O) groups is 1. The van der Waals surface area contributed by atoms with E-state index < -0.39 is 0 Å². The first-order valence-corrected chi connectivity index (χ1v) is 11.4. The van der Waals surface area contributed by atoms with Gasteiger partial charge in [0.15, 0.2) is 0 Å². The average Bonchev–Trinajstić information content (AvgIpc) is 3.23. The summed E-state index contributed by atoms with van der Waals surface area (Å²) in [6.07, 6.45) is 6.66. The second kappa shape index (κ2) is 7.26. The first kappa shape index (κ1) is 18.3. The van der Waals surface area contributed by atoms with Gasteiger partial charge in [0.2, 0.25) is 5.91 Å². The highest BCUT2D eigenvalue weighted by Crippen LogP contribution is 2.37. The third kappa shape index (κ3) is 3.18. The Labute approximate surface area is 169 Å². The van der Waals surface area contributed by atoms with Crippen molar-refractivity contribution in [3.05, 3.63) is 22.0 Å². The Morgan fingerprint density at radius 3 is 2.68 bits per heavy atom. The number of likely N-dealkylation sites (tertiary alicyclic amines) is 2. The molecule has 1 aliphatic carbocycles. The Kier molecular flexibility index (Phi) is 4.75. The fourth-order valence-electron chi connectivity index (χ4n) is 4.89. The van der Waals surface area contributed by atoms with Gasteiger partial charge in [-0.25, -0.2) is 4.98 Å². The lowest BCUT2D eigenvalue weighted by Gasteiger charge is -2.47. The van der Waals surface area contributed by atoms with E-state index in [0.717, 1.165) is 60.1 Å². The van der Waals surface area contributed by atoms with Gasteiger partial charge in [-0.3, -0.25) is 9.69 Å². The number of rotatable bonds is 3. The highest BCUT2D eigenvalue weighted by molar-refractivity contribution is 7.15. The van der Waals surface area contributed by atoms with Crippen LogP contribution in [0.5, 0.6) is 0 Å². The standard InChI is InChI=1S/C21H28N4O2S/c1-13-19(14(2)27-23-13)20-22-17-10-15(6-7-18(17)28-20)21(26)25-11-16(12-25)24-8-4-3-5-9-24/h15-16H,3-12H2,1-2H3. The molecule has 1 unspecified atom stereocenters. The van der Waals surface area contributed by atoms with Gasteiger partial charge in [0, 0.05) is 36.3 Å². The summed E-state index contributed by atoms with van der Waals surface area (Å²) in [6, 6.07) is 0.591. The molecule has 28 heavy (non-hydrogen) atoms. The number of amides is 1. The molecule has 0 aromatic carbocycles. The number of aromatic nitrogens is 2. The summed E-state index contributed by atoms with van der Waals surface area (Å²) in [5.74, 6) is 1.25. The number of hydrogen-bond acceptors (Lipinski definition) is 6. The van der Waals surface area contributed by atoms with Crippen LogP contribution in [-0.2, 0) is 17.6 Å². The lowest BCUT2D eigenvalue weighted by Crippen LogP contribution is -2.63. The van der Waals surface area contributed by atoms with E-state index in [1.54, 1.807) is 11.3 Å². The van der Waals surface area contributed by atoms with Crippen molar-refractivity contribution >= 4 is 17.2 Å². The van der Waals surface area contributed by atoms with Crippen LogP contribution in [0.25, 0.3) is 10.6 Å². The van der Waals surface area contributed by atoms with Crippen LogP contribution in [0.15, 0.2) is 4.52 Å². The second-order valence-electron chi connectivity index (χ2n) is 8.52. The van der Waals surface area contributed by atoms with Crippen LogP contribution < -0.4 is 0 Å². The molecule has 0 spiro atoms. The molecule has 0 N–H and O–H groups in total. The third-order valence-corrected chi connectivity index (χ3v) is 7.79. The van der Waals surface area contributed by atoms with Crippen molar-refractivity contribution in [3.8, 4) is 10.6 Å². The van der Waals surface area contributed by atoms with Crippen LogP contribution in [0.4, 0.5) is 0 Å². The Bertz CT molecular complexity index is 858. The fraction of sp³-hybridized carbons (Fsp3) is 0.667. The molecule has 0 bridgehead atoms. The number of piperidine rings is 1. The Morgan fingerprint density at radius 1 is 1.18 bits per heavy atom. The van der Waals surface area contributed by atoms with Crippen molar-refractivity contribution in [2.45, 2.75) is 58.4 Å². The molecule has 7 heteroatoms.